The Morgan fingerprint density at radius 1 is 1.08 bits per heavy atom. The predicted molar refractivity (Wildman–Crippen MR) is 89.7 cm³/mol. The highest BCUT2D eigenvalue weighted by atomic mass is 16.7. The zero-order chi connectivity index (χ0) is 16.2. The second-order valence-electron chi connectivity index (χ2n) is 6.07. The number of nitrogens with zero attached hydrogens (tertiary/aromatic N) is 4. The number of piperidine rings is 1. The molecule has 0 aliphatic carbocycles. The number of nitrogens with one attached hydrogen (secondary N) is 1. The van der Waals surface area contributed by atoms with E-state index in [9.17, 15) is 0 Å². The molecule has 7 nitrogen and oxygen atoms in total. The van der Waals surface area contributed by atoms with Gasteiger partial charge in [-0.1, -0.05) is 30.3 Å². The molecule has 0 unspecified atom stereocenters. The normalized spacial score (nSPS) is 19.6. The summed E-state index contributed by atoms with van der Waals surface area (Å²) in [4.78, 5) is 6.79. The van der Waals surface area contributed by atoms with E-state index in [1.54, 1.807) is 6.20 Å². The van der Waals surface area contributed by atoms with Crippen molar-refractivity contribution < 1.29 is 9.47 Å². The summed E-state index contributed by atoms with van der Waals surface area (Å²) in [5, 5.41) is 11.4. The molecule has 1 spiro atoms. The number of benzene rings is 1. The average molecular weight is 327 g/mol. The predicted octanol–water partition coefficient (Wildman–Crippen LogP) is 1.83. The minimum atomic E-state index is -0.370. The lowest BCUT2D eigenvalue weighted by Crippen LogP contribution is -2.45. The van der Waals surface area contributed by atoms with Crippen LogP contribution in [-0.2, 0) is 16.0 Å². The van der Waals surface area contributed by atoms with Crippen molar-refractivity contribution in [3.05, 3.63) is 42.1 Å². The van der Waals surface area contributed by atoms with Gasteiger partial charge in [-0.15, -0.1) is 5.10 Å². The fourth-order valence-electron chi connectivity index (χ4n) is 3.16. The van der Waals surface area contributed by atoms with E-state index in [1.807, 2.05) is 18.2 Å². The molecule has 7 heteroatoms. The van der Waals surface area contributed by atoms with E-state index in [1.165, 1.54) is 5.56 Å². The fraction of sp³-hybridized carbons (Fsp3) is 0.471. The maximum atomic E-state index is 5.77. The van der Waals surface area contributed by atoms with Crippen LogP contribution >= 0.6 is 0 Å². The van der Waals surface area contributed by atoms with Crippen molar-refractivity contribution in [3.63, 3.8) is 0 Å². The van der Waals surface area contributed by atoms with E-state index < -0.39 is 0 Å². The van der Waals surface area contributed by atoms with Crippen molar-refractivity contribution in [1.82, 2.24) is 15.2 Å². The van der Waals surface area contributed by atoms with Crippen LogP contribution in [0, 0.1) is 0 Å². The maximum absolute atomic E-state index is 5.77. The highest BCUT2D eigenvalue weighted by Crippen LogP contribution is 2.32. The van der Waals surface area contributed by atoms with E-state index >= 15 is 0 Å². The van der Waals surface area contributed by atoms with Gasteiger partial charge >= 0.3 is 0 Å². The van der Waals surface area contributed by atoms with Crippen LogP contribution < -0.4 is 10.2 Å². The Morgan fingerprint density at radius 2 is 1.83 bits per heavy atom. The number of hydrogen-bond acceptors (Lipinski definition) is 7. The summed E-state index contributed by atoms with van der Waals surface area (Å²) in [6, 6.07) is 10.2. The van der Waals surface area contributed by atoms with E-state index in [-0.39, 0.29) is 5.79 Å². The van der Waals surface area contributed by atoms with Gasteiger partial charge in [0.2, 0.25) is 5.95 Å². The highest BCUT2D eigenvalue weighted by molar-refractivity contribution is 5.41. The van der Waals surface area contributed by atoms with Gasteiger partial charge in [-0.2, -0.15) is 10.1 Å². The van der Waals surface area contributed by atoms with Gasteiger partial charge in [-0.25, -0.2) is 0 Å². The quantitative estimate of drug-likeness (QED) is 0.918. The van der Waals surface area contributed by atoms with Crippen LogP contribution in [0.15, 0.2) is 36.5 Å². The van der Waals surface area contributed by atoms with E-state index in [0.29, 0.717) is 25.7 Å². The van der Waals surface area contributed by atoms with Crippen molar-refractivity contribution in [2.24, 2.45) is 0 Å². The molecule has 0 atom stereocenters. The first-order valence-corrected chi connectivity index (χ1v) is 8.33. The minimum absolute atomic E-state index is 0.370. The first-order valence-electron chi connectivity index (χ1n) is 8.33. The number of hydrogen-bond donors (Lipinski definition) is 1. The molecule has 24 heavy (non-hydrogen) atoms. The Bertz CT molecular complexity index is 666. The molecule has 2 fully saturated rings. The molecule has 2 aromatic rings. The number of rotatable bonds is 4. The summed E-state index contributed by atoms with van der Waals surface area (Å²) in [5.41, 5.74) is 1.18. The van der Waals surface area contributed by atoms with Crippen molar-refractivity contribution in [2.75, 3.05) is 36.5 Å². The Labute approximate surface area is 141 Å². The largest absolute Gasteiger partial charge is 0.355 e. The smallest absolute Gasteiger partial charge is 0.244 e. The van der Waals surface area contributed by atoms with E-state index in [4.69, 9.17) is 9.47 Å². The monoisotopic (exact) mass is 327 g/mol. The lowest BCUT2D eigenvalue weighted by Gasteiger charge is -2.37. The molecular formula is C17H21N5O2. The van der Waals surface area contributed by atoms with Crippen LogP contribution in [-0.4, -0.2) is 47.3 Å². The van der Waals surface area contributed by atoms with Gasteiger partial charge in [0.05, 0.1) is 19.4 Å². The van der Waals surface area contributed by atoms with Gasteiger partial charge in [0.15, 0.2) is 11.6 Å². The molecule has 0 amide bonds. The lowest BCUT2D eigenvalue weighted by molar-refractivity contribution is -0.169. The molecule has 2 saturated heterocycles. The summed E-state index contributed by atoms with van der Waals surface area (Å²) in [5.74, 6) is 1.02. The van der Waals surface area contributed by atoms with Crippen LogP contribution in [0.5, 0.6) is 0 Å². The first kappa shape index (κ1) is 15.3. The van der Waals surface area contributed by atoms with Crippen LogP contribution in [0.25, 0.3) is 0 Å². The van der Waals surface area contributed by atoms with Crippen LogP contribution in [0.1, 0.15) is 18.4 Å². The average Bonchev–Trinajstić information content (AvgIpc) is 3.10. The number of aromatic nitrogens is 3. The molecule has 3 heterocycles. The molecule has 1 aromatic carbocycles. The molecular weight excluding hydrogens is 306 g/mol. The molecule has 0 bridgehead atoms. The minimum Gasteiger partial charge on any atom is -0.355 e. The van der Waals surface area contributed by atoms with Gasteiger partial charge in [0.25, 0.3) is 0 Å². The van der Waals surface area contributed by atoms with Gasteiger partial charge in [-0.05, 0) is 5.56 Å². The fourth-order valence-corrected chi connectivity index (χ4v) is 3.16. The second-order valence-corrected chi connectivity index (χ2v) is 6.07. The Hall–Kier alpha value is -2.25. The first-order chi connectivity index (χ1) is 11.8. The molecule has 0 radical (unpaired) electrons. The number of ether oxygens (including phenoxy) is 2. The summed E-state index contributed by atoms with van der Waals surface area (Å²) in [6.07, 6.45) is 3.41. The third-order valence-electron chi connectivity index (χ3n) is 4.50. The highest BCUT2D eigenvalue weighted by Gasteiger charge is 2.40. The lowest BCUT2D eigenvalue weighted by atomic mass is 10.0. The molecule has 126 valence electrons. The van der Waals surface area contributed by atoms with Gasteiger partial charge < -0.3 is 19.7 Å². The third-order valence-corrected chi connectivity index (χ3v) is 4.50. The molecule has 2 aliphatic heterocycles. The van der Waals surface area contributed by atoms with Crippen LogP contribution in [0.4, 0.5) is 11.8 Å². The van der Waals surface area contributed by atoms with Crippen molar-refractivity contribution in [2.45, 2.75) is 25.2 Å². The van der Waals surface area contributed by atoms with Gasteiger partial charge in [0.1, 0.15) is 0 Å². The van der Waals surface area contributed by atoms with E-state index in [0.717, 1.165) is 31.7 Å². The summed E-state index contributed by atoms with van der Waals surface area (Å²) < 4.78 is 11.5. The van der Waals surface area contributed by atoms with Gasteiger partial charge in [0, 0.05) is 32.5 Å². The second kappa shape index (κ2) is 6.70. The SMILES string of the molecule is c1ccc(CNc2nncc(N3CCC4(CC3)OCCO4)n2)cc1. The zero-order valence-electron chi connectivity index (χ0n) is 13.5. The maximum Gasteiger partial charge on any atom is 0.244 e. The van der Waals surface area contributed by atoms with Crippen LogP contribution in [0.2, 0.25) is 0 Å². The molecule has 2 aliphatic rings. The van der Waals surface area contributed by atoms with Crippen LogP contribution in [0.3, 0.4) is 0 Å². The van der Waals surface area contributed by atoms with Crippen molar-refractivity contribution in [1.29, 1.82) is 0 Å². The Morgan fingerprint density at radius 3 is 2.58 bits per heavy atom. The summed E-state index contributed by atoms with van der Waals surface area (Å²) in [7, 11) is 0. The zero-order valence-corrected chi connectivity index (χ0v) is 13.5. The molecule has 1 aromatic heterocycles. The van der Waals surface area contributed by atoms with Crippen molar-refractivity contribution in [3.8, 4) is 0 Å². The van der Waals surface area contributed by atoms with E-state index in [2.05, 4.69) is 37.5 Å². The topological polar surface area (TPSA) is 72.4 Å². The third kappa shape index (κ3) is 3.32. The summed E-state index contributed by atoms with van der Waals surface area (Å²) >= 11 is 0. The molecule has 1 N–H and O–H groups in total. The number of anilines is 2. The van der Waals surface area contributed by atoms with Gasteiger partial charge in [-0.3, -0.25) is 0 Å². The standard InChI is InChI=1S/C17H21N5O2/c1-2-4-14(5-3-1)12-18-16-20-15(13-19-21-16)22-8-6-17(7-9-22)23-10-11-24-17/h1-5,13H,6-12H2,(H,18,20,21). The Kier molecular flexibility index (Phi) is 4.27. The Balaban J connectivity index is 1.38. The summed E-state index contributed by atoms with van der Waals surface area (Å²) in [6.45, 7) is 3.76. The van der Waals surface area contributed by atoms with Crippen molar-refractivity contribution >= 4 is 11.8 Å². The molecule has 4 rings (SSSR count). The molecule has 0 saturated carbocycles.